The van der Waals surface area contributed by atoms with Crippen LogP contribution in [0.5, 0.6) is 0 Å². The van der Waals surface area contributed by atoms with Gasteiger partial charge in [0.15, 0.2) is 0 Å². The highest BCUT2D eigenvalue weighted by Crippen LogP contribution is 2.48. The molecule has 0 aromatic heterocycles. The van der Waals surface area contributed by atoms with Crippen molar-refractivity contribution >= 4 is 11.6 Å². The number of fused-ring (bicyclic) bond motifs is 2. The second kappa shape index (κ2) is 6.61. The minimum absolute atomic E-state index is 0.237. The average molecular weight is 286 g/mol. The van der Waals surface area contributed by atoms with E-state index in [0.717, 1.165) is 37.5 Å². The molecular formula is C18H26N2O. The van der Waals surface area contributed by atoms with Crippen LogP contribution in [0, 0.1) is 17.8 Å². The van der Waals surface area contributed by atoms with Crippen LogP contribution in [0.4, 0.5) is 5.69 Å². The Hall–Kier alpha value is -1.35. The molecule has 1 aromatic carbocycles. The van der Waals surface area contributed by atoms with Gasteiger partial charge in [-0.2, -0.15) is 0 Å². The molecule has 3 unspecified atom stereocenters. The Bertz CT molecular complexity index is 500. The molecule has 0 radical (unpaired) electrons. The molecule has 3 atom stereocenters. The molecule has 2 saturated carbocycles. The molecule has 21 heavy (non-hydrogen) atoms. The van der Waals surface area contributed by atoms with Gasteiger partial charge in [0.2, 0.25) is 5.91 Å². The van der Waals surface area contributed by atoms with Crippen LogP contribution in [0.2, 0.25) is 0 Å². The summed E-state index contributed by atoms with van der Waals surface area (Å²) in [6, 6.07) is 8.22. The Morgan fingerprint density at radius 1 is 1.29 bits per heavy atom. The summed E-state index contributed by atoms with van der Waals surface area (Å²) in [6.45, 7) is 4.06. The highest BCUT2D eigenvalue weighted by molar-refractivity contribution is 5.93. The molecule has 2 aliphatic carbocycles. The molecule has 0 spiro atoms. The van der Waals surface area contributed by atoms with Crippen LogP contribution in [0.15, 0.2) is 24.3 Å². The molecule has 2 N–H and O–H groups in total. The fraction of sp³-hybridized carbons (Fsp3) is 0.611. The van der Waals surface area contributed by atoms with Gasteiger partial charge in [0.25, 0.3) is 0 Å². The van der Waals surface area contributed by atoms with Crippen LogP contribution in [-0.4, -0.2) is 12.5 Å². The summed E-state index contributed by atoms with van der Waals surface area (Å²) in [7, 11) is 0. The van der Waals surface area contributed by atoms with Gasteiger partial charge in [-0.05, 0) is 61.8 Å². The molecule has 0 heterocycles. The smallest absolute Gasteiger partial charge is 0.227 e. The van der Waals surface area contributed by atoms with Crippen molar-refractivity contribution in [2.45, 2.75) is 45.6 Å². The molecule has 1 amide bonds. The molecule has 3 nitrogen and oxygen atoms in total. The maximum absolute atomic E-state index is 12.4. The third kappa shape index (κ3) is 3.46. The second-order valence-electron chi connectivity index (χ2n) is 6.65. The van der Waals surface area contributed by atoms with Gasteiger partial charge in [-0.15, -0.1) is 0 Å². The molecule has 2 fully saturated rings. The number of rotatable bonds is 6. The van der Waals surface area contributed by atoms with E-state index in [2.05, 4.69) is 29.7 Å². The highest BCUT2D eigenvalue weighted by atomic mass is 16.1. The minimum atomic E-state index is 0.237. The summed E-state index contributed by atoms with van der Waals surface area (Å²) < 4.78 is 0. The first kappa shape index (κ1) is 14.6. The van der Waals surface area contributed by atoms with E-state index < -0.39 is 0 Å². The summed E-state index contributed by atoms with van der Waals surface area (Å²) in [4.78, 5) is 12.4. The predicted octanol–water partition coefficient (Wildman–Crippen LogP) is 3.56. The van der Waals surface area contributed by atoms with Crippen LogP contribution in [0.25, 0.3) is 0 Å². The van der Waals surface area contributed by atoms with Gasteiger partial charge in [-0.25, -0.2) is 0 Å². The second-order valence-corrected chi connectivity index (χ2v) is 6.65. The van der Waals surface area contributed by atoms with Crippen LogP contribution < -0.4 is 10.6 Å². The summed E-state index contributed by atoms with van der Waals surface area (Å²) in [5, 5.41) is 6.53. The van der Waals surface area contributed by atoms with E-state index in [4.69, 9.17) is 0 Å². The van der Waals surface area contributed by atoms with Crippen molar-refractivity contribution in [1.29, 1.82) is 0 Å². The first-order valence-corrected chi connectivity index (χ1v) is 8.36. The number of carbonyl (C=O) groups excluding carboxylic acids is 1. The molecule has 2 bridgehead atoms. The third-order valence-corrected chi connectivity index (χ3v) is 5.03. The van der Waals surface area contributed by atoms with Crippen LogP contribution in [0.1, 0.15) is 44.6 Å². The van der Waals surface area contributed by atoms with Gasteiger partial charge < -0.3 is 10.6 Å². The molecule has 1 aromatic rings. The first-order chi connectivity index (χ1) is 10.3. The van der Waals surface area contributed by atoms with Gasteiger partial charge in [0, 0.05) is 18.2 Å². The maximum Gasteiger partial charge on any atom is 0.227 e. The molecule has 114 valence electrons. The lowest BCUT2D eigenvalue weighted by Gasteiger charge is -2.21. The summed E-state index contributed by atoms with van der Waals surface area (Å²) >= 11 is 0. The summed E-state index contributed by atoms with van der Waals surface area (Å²) in [5.41, 5.74) is 2.17. The van der Waals surface area contributed by atoms with E-state index in [-0.39, 0.29) is 11.8 Å². The number of hydrogen-bond donors (Lipinski definition) is 2. The van der Waals surface area contributed by atoms with E-state index >= 15 is 0 Å². The van der Waals surface area contributed by atoms with Crippen molar-refractivity contribution in [2.24, 2.45) is 17.8 Å². The van der Waals surface area contributed by atoms with Gasteiger partial charge in [-0.3, -0.25) is 4.79 Å². The van der Waals surface area contributed by atoms with Crippen molar-refractivity contribution in [3.63, 3.8) is 0 Å². The normalized spacial score (nSPS) is 27.0. The third-order valence-electron chi connectivity index (χ3n) is 5.03. The van der Waals surface area contributed by atoms with E-state index in [1.807, 2.05) is 12.1 Å². The Labute approximate surface area is 127 Å². The fourth-order valence-corrected chi connectivity index (χ4v) is 3.97. The molecular weight excluding hydrogens is 260 g/mol. The lowest BCUT2D eigenvalue weighted by atomic mass is 9.88. The topological polar surface area (TPSA) is 41.1 Å². The minimum Gasteiger partial charge on any atom is -0.326 e. The van der Waals surface area contributed by atoms with Crippen LogP contribution in [-0.2, 0) is 11.3 Å². The Balaban J connectivity index is 1.57. The van der Waals surface area contributed by atoms with E-state index in [0.29, 0.717) is 5.92 Å². The van der Waals surface area contributed by atoms with Gasteiger partial charge in [0.1, 0.15) is 0 Å². The molecule has 3 rings (SSSR count). The standard InChI is InChI=1S/C18H26N2O/c1-2-8-19-12-14-4-3-5-16(10-14)20-18(21)17-11-13-6-7-15(17)9-13/h3-5,10,13,15,17,19H,2,6-9,11-12H2,1H3,(H,20,21). The predicted molar refractivity (Wildman–Crippen MR) is 86.0 cm³/mol. The summed E-state index contributed by atoms with van der Waals surface area (Å²) in [5.74, 6) is 1.95. The fourth-order valence-electron chi connectivity index (χ4n) is 3.97. The van der Waals surface area contributed by atoms with Crippen molar-refractivity contribution < 1.29 is 4.79 Å². The van der Waals surface area contributed by atoms with Crippen molar-refractivity contribution in [2.75, 3.05) is 11.9 Å². The van der Waals surface area contributed by atoms with Crippen molar-refractivity contribution in [3.8, 4) is 0 Å². The first-order valence-electron chi connectivity index (χ1n) is 8.36. The van der Waals surface area contributed by atoms with Crippen LogP contribution in [0.3, 0.4) is 0 Å². The molecule has 0 aliphatic heterocycles. The number of benzene rings is 1. The van der Waals surface area contributed by atoms with Crippen molar-refractivity contribution in [3.05, 3.63) is 29.8 Å². The monoisotopic (exact) mass is 286 g/mol. The average Bonchev–Trinajstić information content (AvgIpc) is 3.11. The molecule has 2 aliphatic rings. The van der Waals surface area contributed by atoms with E-state index in [1.54, 1.807) is 0 Å². The Morgan fingerprint density at radius 3 is 2.90 bits per heavy atom. The summed E-state index contributed by atoms with van der Waals surface area (Å²) in [6.07, 6.45) is 6.12. The SMILES string of the molecule is CCCNCc1cccc(NC(=O)C2CC3CCC2C3)c1. The molecule has 0 saturated heterocycles. The van der Waals surface area contributed by atoms with E-state index in [9.17, 15) is 4.79 Å². The molecule has 3 heteroatoms. The number of anilines is 1. The zero-order chi connectivity index (χ0) is 14.7. The number of amides is 1. The number of hydrogen-bond acceptors (Lipinski definition) is 2. The zero-order valence-electron chi connectivity index (χ0n) is 12.9. The van der Waals surface area contributed by atoms with Gasteiger partial charge in [-0.1, -0.05) is 25.5 Å². The Morgan fingerprint density at radius 2 is 2.19 bits per heavy atom. The number of carbonyl (C=O) groups is 1. The quantitative estimate of drug-likeness (QED) is 0.785. The zero-order valence-corrected chi connectivity index (χ0v) is 12.9. The van der Waals surface area contributed by atoms with Crippen molar-refractivity contribution in [1.82, 2.24) is 5.32 Å². The van der Waals surface area contributed by atoms with Gasteiger partial charge >= 0.3 is 0 Å². The highest BCUT2D eigenvalue weighted by Gasteiger charge is 2.42. The largest absolute Gasteiger partial charge is 0.326 e. The maximum atomic E-state index is 12.4. The Kier molecular flexibility index (Phi) is 4.59. The lowest BCUT2D eigenvalue weighted by Crippen LogP contribution is -2.27. The van der Waals surface area contributed by atoms with Crippen LogP contribution >= 0.6 is 0 Å². The van der Waals surface area contributed by atoms with E-state index in [1.165, 1.54) is 24.8 Å². The van der Waals surface area contributed by atoms with Gasteiger partial charge in [0.05, 0.1) is 0 Å². The number of nitrogens with one attached hydrogen (secondary N) is 2. The lowest BCUT2D eigenvalue weighted by molar-refractivity contribution is -0.121.